The van der Waals surface area contributed by atoms with Gasteiger partial charge in [0.05, 0.1) is 12.7 Å². The molecule has 0 saturated carbocycles. The van der Waals surface area contributed by atoms with Gasteiger partial charge in [-0.25, -0.2) is 4.79 Å². The number of aliphatic hydroxyl groups excluding tert-OH is 2. The second-order valence-corrected chi connectivity index (χ2v) is 5.50. The van der Waals surface area contributed by atoms with Crippen molar-refractivity contribution >= 4 is 17.8 Å². The van der Waals surface area contributed by atoms with Crippen molar-refractivity contribution < 1.29 is 32.9 Å². The first-order valence-corrected chi connectivity index (χ1v) is 7.48. The minimum absolute atomic E-state index is 0.0432. The number of hydrogen-bond donors (Lipinski definition) is 4. The van der Waals surface area contributed by atoms with E-state index in [9.17, 15) is 27.9 Å². The number of nitrogens with two attached hydrogens (primary N) is 1. The number of halogens is 3. The van der Waals surface area contributed by atoms with Crippen LogP contribution in [0.1, 0.15) is 18.2 Å². The normalized spacial score (nSPS) is 23.5. The Balaban J connectivity index is 2.12. The molecule has 1 aliphatic rings. The Kier molecular flexibility index (Phi) is 6.00. The topological polar surface area (TPSA) is 140 Å². The Labute approximate surface area is 144 Å². The zero-order chi connectivity index (χ0) is 19.5. The molecule has 1 fully saturated rings. The van der Waals surface area contributed by atoms with Gasteiger partial charge in [-0.3, -0.25) is 9.36 Å². The van der Waals surface area contributed by atoms with Crippen LogP contribution in [0.5, 0.6) is 0 Å². The lowest BCUT2D eigenvalue weighted by Gasteiger charge is -2.15. The summed E-state index contributed by atoms with van der Waals surface area (Å²) >= 11 is 0. The summed E-state index contributed by atoms with van der Waals surface area (Å²) < 4.78 is 42.6. The molecule has 12 heteroatoms. The first kappa shape index (κ1) is 19.9. The van der Waals surface area contributed by atoms with E-state index in [0.717, 1.165) is 4.57 Å². The van der Waals surface area contributed by atoms with Gasteiger partial charge in [0.1, 0.15) is 18.1 Å². The molecule has 26 heavy (non-hydrogen) atoms. The van der Waals surface area contributed by atoms with Crippen LogP contribution in [-0.2, 0) is 9.53 Å². The van der Waals surface area contributed by atoms with Crippen molar-refractivity contribution in [1.29, 1.82) is 0 Å². The molecule has 0 radical (unpaired) electrons. The number of nitrogens with zero attached hydrogens (tertiary/aromatic N) is 2. The molecule has 0 bridgehead atoms. The Bertz CT molecular complexity index is 749. The number of nitrogen functional groups attached to an aromatic ring is 1. The van der Waals surface area contributed by atoms with Gasteiger partial charge in [-0.15, -0.1) is 0 Å². The predicted molar refractivity (Wildman–Crippen MR) is 82.6 cm³/mol. The number of rotatable bonds is 5. The van der Waals surface area contributed by atoms with Gasteiger partial charge in [0.2, 0.25) is 0 Å². The average molecular weight is 378 g/mol. The average Bonchev–Trinajstić information content (AvgIpc) is 2.92. The highest BCUT2D eigenvalue weighted by atomic mass is 19.4. The smallest absolute Gasteiger partial charge is 0.394 e. The number of aromatic nitrogens is 2. The highest BCUT2D eigenvalue weighted by Gasteiger charge is 2.38. The number of ether oxygens (including phenoxy) is 1. The van der Waals surface area contributed by atoms with Crippen LogP contribution < -0.4 is 16.7 Å². The minimum Gasteiger partial charge on any atom is -0.394 e. The SMILES string of the molecule is Nc1nc(=O)n([C@H]2CC(O)[C@@H](CO)O2)cc1C=CCNC(=O)C(F)(F)F. The minimum atomic E-state index is -4.98. The maximum absolute atomic E-state index is 12.1. The van der Waals surface area contributed by atoms with E-state index in [1.807, 2.05) is 0 Å². The Morgan fingerprint density at radius 1 is 1.54 bits per heavy atom. The van der Waals surface area contributed by atoms with Gasteiger partial charge in [-0.1, -0.05) is 12.2 Å². The van der Waals surface area contributed by atoms with Crippen molar-refractivity contribution in [3.63, 3.8) is 0 Å². The van der Waals surface area contributed by atoms with Gasteiger partial charge in [0.25, 0.3) is 0 Å². The van der Waals surface area contributed by atoms with Gasteiger partial charge in [-0.2, -0.15) is 18.2 Å². The number of amides is 1. The Morgan fingerprint density at radius 3 is 2.81 bits per heavy atom. The van der Waals surface area contributed by atoms with Gasteiger partial charge in [0.15, 0.2) is 0 Å². The summed E-state index contributed by atoms with van der Waals surface area (Å²) in [5.41, 5.74) is 5.06. The van der Waals surface area contributed by atoms with Crippen LogP contribution in [0.2, 0.25) is 0 Å². The molecule has 3 atom stereocenters. The lowest BCUT2D eigenvalue weighted by Crippen LogP contribution is -2.36. The number of hydrogen-bond acceptors (Lipinski definition) is 7. The van der Waals surface area contributed by atoms with Crippen LogP contribution in [0.25, 0.3) is 6.08 Å². The van der Waals surface area contributed by atoms with E-state index in [1.165, 1.54) is 18.3 Å². The quantitative estimate of drug-likeness (QED) is 0.524. The molecular formula is C14H17F3N4O5. The molecule has 2 heterocycles. The van der Waals surface area contributed by atoms with Crippen molar-refractivity contribution in [2.75, 3.05) is 18.9 Å². The van der Waals surface area contributed by atoms with Crippen molar-refractivity contribution in [2.24, 2.45) is 0 Å². The summed E-state index contributed by atoms with van der Waals surface area (Å²) in [5.74, 6) is -2.25. The van der Waals surface area contributed by atoms with Crippen LogP contribution in [0.3, 0.4) is 0 Å². The molecule has 1 aromatic rings. The zero-order valence-corrected chi connectivity index (χ0v) is 13.3. The molecule has 2 rings (SSSR count). The molecule has 1 aliphatic heterocycles. The van der Waals surface area contributed by atoms with Crippen LogP contribution in [0.15, 0.2) is 17.1 Å². The highest BCUT2D eigenvalue weighted by Crippen LogP contribution is 2.27. The number of aliphatic hydroxyl groups is 2. The summed E-state index contributed by atoms with van der Waals surface area (Å²) in [6, 6.07) is 0. The maximum atomic E-state index is 12.1. The molecule has 9 nitrogen and oxygen atoms in total. The van der Waals surface area contributed by atoms with Gasteiger partial charge in [0, 0.05) is 24.7 Å². The van der Waals surface area contributed by atoms with E-state index in [1.54, 1.807) is 5.32 Å². The fourth-order valence-corrected chi connectivity index (χ4v) is 2.32. The van der Waals surface area contributed by atoms with E-state index in [-0.39, 0.29) is 17.8 Å². The number of carbonyl (C=O) groups is 1. The molecule has 1 unspecified atom stereocenters. The molecule has 0 spiro atoms. The molecule has 1 saturated heterocycles. The second-order valence-electron chi connectivity index (χ2n) is 5.50. The molecule has 144 valence electrons. The first-order chi connectivity index (χ1) is 12.1. The Morgan fingerprint density at radius 2 is 2.23 bits per heavy atom. The highest BCUT2D eigenvalue weighted by molar-refractivity contribution is 5.81. The van der Waals surface area contributed by atoms with Crippen LogP contribution in [0.4, 0.5) is 19.0 Å². The number of alkyl halides is 3. The molecule has 0 aliphatic carbocycles. The molecule has 1 amide bonds. The van der Waals surface area contributed by atoms with Crippen molar-refractivity contribution in [3.8, 4) is 0 Å². The maximum Gasteiger partial charge on any atom is 0.471 e. The van der Waals surface area contributed by atoms with E-state index < -0.39 is 49.4 Å². The lowest BCUT2D eigenvalue weighted by molar-refractivity contribution is -0.173. The second kappa shape index (κ2) is 7.85. The molecule has 1 aromatic heterocycles. The van der Waals surface area contributed by atoms with E-state index in [0.29, 0.717) is 0 Å². The van der Waals surface area contributed by atoms with Crippen LogP contribution >= 0.6 is 0 Å². The van der Waals surface area contributed by atoms with Crippen LogP contribution in [-0.4, -0.2) is 57.2 Å². The fraction of sp³-hybridized carbons (Fsp3) is 0.500. The van der Waals surface area contributed by atoms with E-state index in [2.05, 4.69) is 4.98 Å². The molecule has 5 N–H and O–H groups in total. The van der Waals surface area contributed by atoms with Crippen molar-refractivity contribution in [1.82, 2.24) is 14.9 Å². The third-order valence-corrected chi connectivity index (χ3v) is 3.64. The number of anilines is 1. The van der Waals surface area contributed by atoms with Gasteiger partial charge < -0.3 is 26.0 Å². The zero-order valence-electron chi connectivity index (χ0n) is 13.3. The summed E-state index contributed by atoms with van der Waals surface area (Å²) in [5, 5.41) is 20.5. The third-order valence-electron chi connectivity index (χ3n) is 3.64. The third kappa shape index (κ3) is 4.59. The summed E-state index contributed by atoms with van der Waals surface area (Å²) in [6.45, 7) is -0.845. The summed E-state index contributed by atoms with van der Waals surface area (Å²) in [7, 11) is 0. The first-order valence-electron chi connectivity index (χ1n) is 7.48. The number of nitrogens with one attached hydrogen (secondary N) is 1. The molecular weight excluding hydrogens is 361 g/mol. The largest absolute Gasteiger partial charge is 0.471 e. The number of carbonyl (C=O) groups excluding carboxylic acids is 1. The predicted octanol–water partition coefficient (Wildman–Crippen LogP) is -0.842. The molecule has 0 aromatic carbocycles. The van der Waals surface area contributed by atoms with E-state index >= 15 is 0 Å². The fourth-order valence-electron chi connectivity index (χ4n) is 2.32. The van der Waals surface area contributed by atoms with Gasteiger partial charge in [-0.05, 0) is 0 Å². The van der Waals surface area contributed by atoms with Gasteiger partial charge >= 0.3 is 17.8 Å². The lowest BCUT2D eigenvalue weighted by atomic mass is 10.2. The van der Waals surface area contributed by atoms with Crippen LogP contribution in [0, 0.1) is 0 Å². The monoisotopic (exact) mass is 378 g/mol. The summed E-state index contributed by atoms with van der Waals surface area (Å²) in [4.78, 5) is 26.2. The standard InChI is InChI=1S/C14H17F3N4O5/c15-14(16,17)12(24)19-3-1-2-7-5-21(13(25)20-11(7)18)10-4-8(23)9(6-22)26-10/h1-2,5,8-10,22-23H,3-4,6H2,(H,19,24)(H2,18,20,25)/t8?,9-,10-/m1/s1. The van der Waals surface area contributed by atoms with E-state index in [4.69, 9.17) is 15.6 Å². The Hall–Kier alpha value is -2.44. The van der Waals surface area contributed by atoms with Crippen molar-refractivity contribution in [3.05, 3.63) is 28.3 Å². The van der Waals surface area contributed by atoms with Crippen molar-refractivity contribution in [2.45, 2.75) is 31.0 Å². The summed E-state index contributed by atoms with van der Waals surface area (Å²) in [6.07, 6.45) is -3.88.